The first-order valence-electron chi connectivity index (χ1n) is 6.24. The average Bonchev–Trinajstić information content (AvgIpc) is 2.38. The smallest absolute Gasteiger partial charge is 0.249 e. The van der Waals surface area contributed by atoms with Crippen molar-refractivity contribution < 1.29 is 14.7 Å². The molecule has 2 rings (SSSR count). The third kappa shape index (κ3) is 3.66. The van der Waals surface area contributed by atoms with E-state index in [9.17, 15) is 5.11 Å². The summed E-state index contributed by atoms with van der Waals surface area (Å²) in [7, 11) is 1.56. The number of oxime groups is 1. The van der Waals surface area contributed by atoms with Crippen LogP contribution in [0.15, 0.2) is 47.1 Å². The van der Waals surface area contributed by atoms with Gasteiger partial charge in [0.1, 0.15) is 5.71 Å². The van der Waals surface area contributed by atoms with Gasteiger partial charge in [-0.25, -0.2) is 0 Å². The van der Waals surface area contributed by atoms with Gasteiger partial charge < -0.3 is 14.7 Å². The van der Waals surface area contributed by atoms with Crippen LogP contribution in [0.4, 0.5) is 0 Å². The maximum absolute atomic E-state index is 9.95. The quantitative estimate of drug-likeness (QED) is 0.906. The van der Waals surface area contributed by atoms with Crippen molar-refractivity contribution in [3.8, 4) is 0 Å². The molecule has 0 saturated carbocycles. The summed E-state index contributed by atoms with van der Waals surface area (Å²) in [4.78, 5) is 5.34. The Balaban J connectivity index is 2.27. The van der Waals surface area contributed by atoms with E-state index in [4.69, 9.17) is 9.57 Å². The Bertz CT molecular complexity index is 486. The van der Waals surface area contributed by atoms with E-state index in [1.807, 2.05) is 36.4 Å². The molecule has 4 heteroatoms. The van der Waals surface area contributed by atoms with Gasteiger partial charge in [-0.05, 0) is 19.9 Å². The maximum atomic E-state index is 9.95. The van der Waals surface area contributed by atoms with Gasteiger partial charge in [0.15, 0.2) is 0 Å². The number of hydrogen-bond acceptors (Lipinski definition) is 4. The molecule has 1 aromatic carbocycles. The van der Waals surface area contributed by atoms with Crippen LogP contribution >= 0.6 is 0 Å². The minimum absolute atomic E-state index is 0.470. The molecule has 1 aromatic rings. The van der Waals surface area contributed by atoms with Gasteiger partial charge in [0.05, 0.1) is 5.60 Å². The van der Waals surface area contributed by atoms with Crippen LogP contribution in [0.5, 0.6) is 0 Å². The number of hydrogen-bond donors (Lipinski definition) is 1. The molecule has 1 aliphatic rings. The van der Waals surface area contributed by atoms with E-state index in [1.165, 1.54) is 0 Å². The van der Waals surface area contributed by atoms with Crippen molar-refractivity contribution in [1.82, 2.24) is 0 Å². The fourth-order valence-corrected chi connectivity index (χ4v) is 2.02. The first-order chi connectivity index (χ1) is 8.99. The van der Waals surface area contributed by atoms with Crippen LogP contribution in [0, 0.1) is 0 Å². The van der Waals surface area contributed by atoms with Crippen LogP contribution in [-0.2, 0) is 9.57 Å². The molecule has 0 amide bonds. The highest BCUT2D eigenvalue weighted by molar-refractivity contribution is 6.09. The number of allylic oxidation sites excluding steroid dienone is 1. The fraction of sp³-hybridized carbons (Fsp3) is 0.400. The molecule has 1 unspecified atom stereocenters. The lowest BCUT2D eigenvalue weighted by atomic mass is 9.95. The molecule has 1 heterocycles. The topological polar surface area (TPSA) is 51.0 Å². The first kappa shape index (κ1) is 13.8. The van der Waals surface area contributed by atoms with Crippen molar-refractivity contribution in [3.05, 3.63) is 47.5 Å². The molecule has 0 aromatic heterocycles. The molecule has 0 saturated heterocycles. The predicted octanol–water partition coefficient (Wildman–Crippen LogP) is 2.48. The molecule has 4 nitrogen and oxygen atoms in total. The lowest BCUT2D eigenvalue weighted by Crippen LogP contribution is -2.28. The standard InChI is InChI=1S/C15H19NO3/c1-15(2,17)10-12-9-13(16-19-14(12)18-3)11-7-5-4-6-8-11/h4-9,14,17H,10H2,1-3H3. The maximum Gasteiger partial charge on any atom is 0.249 e. The summed E-state index contributed by atoms with van der Waals surface area (Å²) in [6.07, 6.45) is 1.86. The van der Waals surface area contributed by atoms with Crippen molar-refractivity contribution in [3.63, 3.8) is 0 Å². The van der Waals surface area contributed by atoms with Crippen molar-refractivity contribution in [2.24, 2.45) is 5.16 Å². The van der Waals surface area contributed by atoms with E-state index in [0.717, 1.165) is 16.8 Å². The second kappa shape index (κ2) is 5.55. The number of rotatable bonds is 4. The van der Waals surface area contributed by atoms with E-state index in [-0.39, 0.29) is 0 Å². The van der Waals surface area contributed by atoms with Gasteiger partial charge in [0, 0.05) is 24.7 Å². The summed E-state index contributed by atoms with van der Waals surface area (Å²) >= 11 is 0. The Labute approximate surface area is 113 Å². The second-order valence-electron chi connectivity index (χ2n) is 5.22. The van der Waals surface area contributed by atoms with Gasteiger partial charge in [-0.3, -0.25) is 0 Å². The van der Waals surface area contributed by atoms with Gasteiger partial charge in [0.25, 0.3) is 0 Å². The molecule has 1 atom stereocenters. The van der Waals surface area contributed by atoms with E-state index < -0.39 is 11.9 Å². The number of benzene rings is 1. The van der Waals surface area contributed by atoms with Crippen LogP contribution < -0.4 is 0 Å². The van der Waals surface area contributed by atoms with Crippen LogP contribution in [0.2, 0.25) is 0 Å². The average molecular weight is 261 g/mol. The Hall–Kier alpha value is -1.65. The summed E-state index contributed by atoms with van der Waals surface area (Å²) in [5.41, 5.74) is 1.78. The van der Waals surface area contributed by atoms with Gasteiger partial charge >= 0.3 is 0 Å². The summed E-state index contributed by atoms with van der Waals surface area (Å²) in [6.45, 7) is 3.52. The second-order valence-corrected chi connectivity index (χ2v) is 5.22. The fourth-order valence-electron chi connectivity index (χ4n) is 2.02. The van der Waals surface area contributed by atoms with Crippen molar-refractivity contribution in [2.75, 3.05) is 7.11 Å². The lowest BCUT2D eigenvalue weighted by molar-refractivity contribution is -0.105. The van der Waals surface area contributed by atoms with Gasteiger partial charge in [-0.1, -0.05) is 35.5 Å². The van der Waals surface area contributed by atoms with E-state index in [1.54, 1.807) is 21.0 Å². The van der Waals surface area contributed by atoms with E-state index in [2.05, 4.69) is 5.16 Å². The van der Waals surface area contributed by atoms with Crippen LogP contribution in [0.3, 0.4) is 0 Å². The monoisotopic (exact) mass is 261 g/mol. The number of nitrogens with zero attached hydrogens (tertiary/aromatic N) is 1. The van der Waals surface area contributed by atoms with Crippen LogP contribution in [0.1, 0.15) is 25.8 Å². The van der Waals surface area contributed by atoms with Crippen LogP contribution in [0.25, 0.3) is 0 Å². The third-order valence-corrected chi connectivity index (χ3v) is 2.79. The Kier molecular flexibility index (Phi) is 4.02. The molecule has 102 valence electrons. The van der Waals surface area contributed by atoms with Crippen molar-refractivity contribution in [1.29, 1.82) is 0 Å². The summed E-state index contributed by atoms with van der Waals surface area (Å²) in [5, 5.41) is 14.0. The molecule has 0 spiro atoms. The SMILES string of the molecule is COC1ON=C(c2ccccc2)C=C1CC(C)(C)O. The Morgan fingerprint density at radius 2 is 2.00 bits per heavy atom. The summed E-state index contributed by atoms with van der Waals surface area (Å²) < 4.78 is 5.23. The van der Waals surface area contributed by atoms with Crippen molar-refractivity contribution >= 4 is 5.71 Å². The molecule has 0 aliphatic carbocycles. The summed E-state index contributed by atoms with van der Waals surface area (Å²) in [6, 6.07) is 9.78. The molecular weight excluding hydrogens is 242 g/mol. The molecule has 0 radical (unpaired) electrons. The highest BCUT2D eigenvalue weighted by Crippen LogP contribution is 2.25. The largest absolute Gasteiger partial charge is 0.390 e. The molecule has 1 N–H and O–H groups in total. The van der Waals surface area contributed by atoms with Gasteiger partial charge in [-0.2, -0.15) is 0 Å². The number of methoxy groups -OCH3 is 1. The molecule has 19 heavy (non-hydrogen) atoms. The molecular formula is C15H19NO3. The third-order valence-electron chi connectivity index (χ3n) is 2.79. The Morgan fingerprint density at radius 1 is 1.32 bits per heavy atom. The number of ether oxygens (including phenoxy) is 1. The highest BCUT2D eigenvalue weighted by Gasteiger charge is 2.26. The van der Waals surface area contributed by atoms with Crippen LogP contribution in [-0.4, -0.2) is 29.8 Å². The first-order valence-corrected chi connectivity index (χ1v) is 6.24. The van der Waals surface area contributed by atoms with Gasteiger partial charge in [0.2, 0.25) is 6.29 Å². The van der Waals surface area contributed by atoms with Gasteiger partial charge in [-0.15, -0.1) is 0 Å². The Morgan fingerprint density at radius 3 is 2.58 bits per heavy atom. The highest BCUT2D eigenvalue weighted by atomic mass is 16.8. The zero-order valence-corrected chi connectivity index (χ0v) is 11.5. The zero-order valence-electron chi connectivity index (χ0n) is 11.5. The lowest BCUT2D eigenvalue weighted by Gasteiger charge is -2.26. The number of aliphatic hydroxyl groups is 1. The summed E-state index contributed by atoms with van der Waals surface area (Å²) in [5.74, 6) is 0. The molecule has 0 bridgehead atoms. The molecule has 0 fully saturated rings. The predicted molar refractivity (Wildman–Crippen MR) is 73.9 cm³/mol. The zero-order chi connectivity index (χ0) is 13.9. The van der Waals surface area contributed by atoms with E-state index >= 15 is 0 Å². The minimum atomic E-state index is -0.814. The molecule has 1 aliphatic heterocycles. The minimum Gasteiger partial charge on any atom is -0.390 e. The van der Waals surface area contributed by atoms with E-state index in [0.29, 0.717) is 6.42 Å². The van der Waals surface area contributed by atoms with Crippen molar-refractivity contribution in [2.45, 2.75) is 32.2 Å². The normalized spacial score (nSPS) is 19.5.